The summed E-state index contributed by atoms with van der Waals surface area (Å²) in [6.45, 7) is 5.68. The smallest absolute Gasteiger partial charge is 0.317 e. The van der Waals surface area contributed by atoms with E-state index in [1.54, 1.807) is 0 Å². The molecule has 0 radical (unpaired) electrons. The Morgan fingerprint density at radius 2 is 2.33 bits per heavy atom. The van der Waals surface area contributed by atoms with Gasteiger partial charge in [-0.1, -0.05) is 6.92 Å². The third-order valence-electron chi connectivity index (χ3n) is 3.81. The maximum Gasteiger partial charge on any atom is 0.317 e. The van der Waals surface area contributed by atoms with Crippen LogP contribution in [0.4, 0.5) is 4.79 Å². The number of nitrogens with zero attached hydrogens (tertiary/aromatic N) is 1. The van der Waals surface area contributed by atoms with E-state index in [2.05, 4.69) is 17.6 Å². The Hall–Kier alpha value is -0.770. The van der Waals surface area contributed by atoms with Crippen molar-refractivity contribution in [2.24, 2.45) is 0 Å². The lowest BCUT2D eigenvalue weighted by Gasteiger charge is -2.42. The molecule has 0 spiro atoms. The molecule has 15 heavy (non-hydrogen) atoms. The molecular formula is C11H21N3O. The molecular weight excluding hydrogens is 190 g/mol. The molecule has 2 N–H and O–H groups in total. The second-order valence-electron chi connectivity index (χ2n) is 4.63. The van der Waals surface area contributed by atoms with Gasteiger partial charge in [0.1, 0.15) is 0 Å². The van der Waals surface area contributed by atoms with Gasteiger partial charge >= 0.3 is 6.03 Å². The van der Waals surface area contributed by atoms with Crippen LogP contribution >= 0.6 is 0 Å². The minimum Gasteiger partial charge on any atom is -0.336 e. The zero-order chi connectivity index (χ0) is 10.7. The summed E-state index contributed by atoms with van der Waals surface area (Å²) < 4.78 is 0. The van der Waals surface area contributed by atoms with Crippen molar-refractivity contribution in [2.45, 2.75) is 38.1 Å². The van der Waals surface area contributed by atoms with Gasteiger partial charge < -0.3 is 15.5 Å². The standard InChI is InChI=1S/C11H21N3O/c1-2-11(4-3-5-11)13-7-9-14-8-6-12-10(14)15/h13H,2-9H2,1H3,(H,12,15). The van der Waals surface area contributed by atoms with Crippen molar-refractivity contribution in [1.82, 2.24) is 15.5 Å². The van der Waals surface area contributed by atoms with Crippen LogP contribution in [0.5, 0.6) is 0 Å². The van der Waals surface area contributed by atoms with E-state index in [1.165, 1.54) is 25.7 Å². The molecule has 0 unspecified atom stereocenters. The molecule has 0 bridgehead atoms. The van der Waals surface area contributed by atoms with Gasteiger partial charge in [-0.15, -0.1) is 0 Å². The highest BCUT2D eigenvalue weighted by Gasteiger charge is 2.34. The van der Waals surface area contributed by atoms with Crippen LogP contribution in [0, 0.1) is 0 Å². The quantitative estimate of drug-likeness (QED) is 0.710. The monoisotopic (exact) mass is 211 g/mol. The Balaban J connectivity index is 1.68. The zero-order valence-corrected chi connectivity index (χ0v) is 9.51. The summed E-state index contributed by atoms with van der Waals surface area (Å²) >= 11 is 0. The van der Waals surface area contributed by atoms with E-state index in [9.17, 15) is 4.79 Å². The number of carbonyl (C=O) groups is 1. The summed E-state index contributed by atoms with van der Waals surface area (Å²) in [7, 11) is 0. The average Bonchev–Trinajstić information content (AvgIpc) is 2.57. The fraction of sp³-hybridized carbons (Fsp3) is 0.909. The highest BCUT2D eigenvalue weighted by molar-refractivity contribution is 5.76. The predicted octanol–water partition coefficient (Wildman–Crippen LogP) is 0.934. The van der Waals surface area contributed by atoms with Gasteiger partial charge in [0.25, 0.3) is 0 Å². The largest absolute Gasteiger partial charge is 0.336 e. The molecule has 0 aromatic rings. The van der Waals surface area contributed by atoms with Crippen LogP contribution in [0.25, 0.3) is 0 Å². The number of rotatable bonds is 5. The molecule has 0 aromatic heterocycles. The van der Waals surface area contributed by atoms with Gasteiger partial charge in [0.15, 0.2) is 0 Å². The lowest BCUT2D eigenvalue weighted by atomic mass is 9.75. The van der Waals surface area contributed by atoms with Crippen molar-refractivity contribution in [3.63, 3.8) is 0 Å². The summed E-state index contributed by atoms with van der Waals surface area (Å²) in [6.07, 6.45) is 5.16. The molecule has 86 valence electrons. The van der Waals surface area contributed by atoms with Gasteiger partial charge in [-0.2, -0.15) is 0 Å². The normalized spacial score (nSPS) is 23.8. The summed E-state index contributed by atoms with van der Waals surface area (Å²) in [5.41, 5.74) is 0.399. The van der Waals surface area contributed by atoms with Gasteiger partial charge in [-0.25, -0.2) is 4.79 Å². The van der Waals surface area contributed by atoms with E-state index in [-0.39, 0.29) is 6.03 Å². The lowest BCUT2D eigenvalue weighted by Crippen LogP contribution is -2.52. The number of carbonyl (C=O) groups excluding carboxylic acids is 1. The van der Waals surface area contributed by atoms with Gasteiger partial charge in [0.05, 0.1) is 0 Å². The molecule has 1 saturated heterocycles. The van der Waals surface area contributed by atoms with Crippen LogP contribution in [0.15, 0.2) is 0 Å². The number of hydrogen-bond acceptors (Lipinski definition) is 2. The first-order chi connectivity index (χ1) is 7.26. The van der Waals surface area contributed by atoms with Gasteiger partial charge in [-0.3, -0.25) is 0 Å². The van der Waals surface area contributed by atoms with Crippen LogP contribution < -0.4 is 10.6 Å². The van der Waals surface area contributed by atoms with E-state index in [1.807, 2.05) is 4.90 Å². The van der Waals surface area contributed by atoms with Crippen molar-refractivity contribution >= 4 is 6.03 Å². The van der Waals surface area contributed by atoms with E-state index < -0.39 is 0 Å². The van der Waals surface area contributed by atoms with Gasteiger partial charge in [0.2, 0.25) is 0 Å². The summed E-state index contributed by atoms with van der Waals surface area (Å²) in [5, 5.41) is 6.43. The van der Waals surface area contributed by atoms with Crippen molar-refractivity contribution in [1.29, 1.82) is 0 Å². The van der Waals surface area contributed by atoms with E-state index in [4.69, 9.17) is 0 Å². The molecule has 2 amide bonds. The second kappa shape index (κ2) is 4.39. The first kappa shape index (κ1) is 10.7. The van der Waals surface area contributed by atoms with Crippen LogP contribution in [0.1, 0.15) is 32.6 Å². The van der Waals surface area contributed by atoms with E-state index in [0.717, 1.165) is 26.2 Å². The first-order valence-corrected chi connectivity index (χ1v) is 6.04. The molecule has 1 aliphatic carbocycles. The molecule has 2 aliphatic rings. The first-order valence-electron chi connectivity index (χ1n) is 6.04. The maximum atomic E-state index is 11.3. The van der Waals surface area contributed by atoms with Crippen molar-refractivity contribution < 1.29 is 4.79 Å². The van der Waals surface area contributed by atoms with Gasteiger partial charge in [0, 0.05) is 31.7 Å². The Morgan fingerprint density at radius 1 is 1.53 bits per heavy atom. The summed E-state index contributed by atoms with van der Waals surface area (Å²) in [5.74, 6) is 0. The molecule has 4 nitrogen and oxygen atoms in total. The third kappa shape index (κ3) is 2.25. The predicted molar refractivity (Wildman–Crippen MR) is 59.8 cm³/mol. The zero-order valence-electron chi connectivity index (χ0n) is 9.51. The Bertz CT molecular complexity index is 232. The molecule has 1 saturated carbocycles. The fourth-order valence-electron chi connectivity index (χ4n) is 2.44. The number of urea groups is 1. The van der Waals surface area contributed by atoms with E-state index >= 15 is 0 Å². The lowest BCUT2D eigenvalue weighted by molar-refractivity contribution is 0.169. The van der Waals surface area contributed by atoms with Crippen LogP contribution in [0.2, 0.25) is 0 Å². The molecule has 4 heteroatoms. The Kier molecular flexibility index (Phi) is 3.14. The Morgan fingerprint density at radius 3 is 2.80 bits per heavy atom. The SMILES string of the molecule is CCC1(NCCN2CCNC2=O)CCC1. The molecule has 0 atom stereocenters. The topological polar surface area (TPSA) is 44.4 Å². The number of hydrogen-bond donors (Lipinski definition) is 2. The minimum absolute atomic E-state index is 0.0935. The molecule has 2 fully saturated rings. The summed E-state index contributed by atoms with van der Waals surface area (Å²) in [6, 6.07) is 0.0935. The van der Waals surface area contributed by atoms with Crippen LogP contribution in [0.3, 0.4) is 0 Å². The van der Waals surface area contributed by atoms with Crippen LogP contribution in [-0.4, -0.2) is 42.6 Å². The third-order valence-corrected chi connectivity index (χ3v) is 3.81. The number of amides is 2. The molecule has 2 rings (SSSR count). The number of nitrogens with one attached hydrogen (secondary N) is 2. The molecule has 0 aromatic carbocycles. The fourth-order valence-corrected chi connectivity index (χ4v) is 2.44. The summed E-state index contributed by atoms with van der Waals surface area (Å²) in [4.78, 5) is 13.2. The van der Waals surface area contributed by atoms with Crippen molar-refractivity contribution in [3.05, 3.63) is 0 Å². The second-order valence-corrected chi connectivity index (χ2v) is 4.63. The Labute approximate surface area is 91.4 Å². The van der Waals surface area contributed by atoms with E-state index in [0.29, 0.717) is 5.54 Å². The van der Waals surface area contributed by atoms with Crippen molar-refractivity contribution in [2.75, 3.05) is 26.2 Å². The highest BCUT2D eigenvalue weighted by atomic mass is 16.2. The maximum absolute atomic E-state index is 11.3. The molecule has 1 heterocycles. The van der Waals surface area contributed by atoms with Gasteiger partial charge in [-0.05, 0) is 25.7 Å². The average molecular weight is 211 g/mol. The highest BCUT2D eigenvalue weighted by Crippen LogP contribution is 2.34. The van der Waals surface area contributed by atoms with Crippen molar-refractivity contribution in [3.8, 4) is 0 Å². The van der Waals surface area contributed by atoms with Crippen LogP contribution in [-0.2, 0) is 0 Å². The molecule has 1 aliphatic heterocycles. The minimum atomic E-state index is 0.0935.